The first-order valence-corrected chi connectivity index (χ1v) is 8.82. The topological polar surface area (TPSA) is 95.1 Å². The van der Waals surface area contributed by atoms with Gasteiger partial charge in [0.15, 0.2) is 5.82 Å². The van der Waals surface area contributed by atoms with E-state index >= 15 is 0 Å². The maximum atomic E-state index is 12.5. The van der Waals surface area contributed by atoms with Crippen molar-refractivity contribution in [2.24, 2.45) is 0 Å². The van der Waals surface area contributed by atoms with Gasteiger partial charge in [-0.2, -0.15) is 17.0 Å². The van der Waals surface area contributed by atoms with Gasteiger partial charge in [0.05, 0.1) is 24.1 Å². The molecule has 124 valence electrons. The minimum Gasteiger partial charge on any atom is -0.341 e. The summed E-state index contributed by atoms with van der Waals surface area (Å²) in [5.74, 6) is 0.636. The van der Waals surface area contributed by atoms with E-state index in [2.05, 4.69) is 19.9 Å². The predicted octanol–water partition coefficient (Wildman–Crippen LogP) is 1.12. The normalized spacial score (nSPS) is 19.6. The quantitative estimate of drug-likeness (QED) is 0.903. The fourth-order valence-corrected chi connectivity index (χ4v) is 4.03. The third-order valence-electron chi connectivity index (χ3n) is 3.90. The van der Waals surface area contributed by atoms with Crippen LogP contribution in [-0.2, 0) is 10.2 Å². The van der Waals surface area contributed by atoms with Crippen LogP contribution < -0.4 is 0 Å². The maximum absolute atomic E-state index is 12.5. The van der Waals surface area contributed by atoms with Gasteiger partial charge in [-0.05, 0) is 19.8 Å². The Balaban J connectivity index is 1.95. The summed E-state index contributed by atoms with van der Waals surface area (Å²) in [6, 6.07) is -0.286. The van der Waals surface area contributed by atoms with E-state index < -0.39 is 10.2 Å². The number of nitrogens with one attached hydrogen (secondary N) is 1. The van der Waals surface area contributed by atoms with Crippen molar-refractivity contribution >= 4 is 10.2 Å². The number of rotatable bonds is 4. The van der Waals surface area contributed by atoms with Crippen molar-refractivity contribution in [1.29, 1.82) is 0 Å². The highest BCUT2D eigenvalue weighted by atomic mass is 32.2. The number of hydrogen-bond acceptors (Lipinski definition) is 5. The Morgan fingerprint density at radius 2 is 2.09 bits per heavy atom. The van der Waals surface area contributed by atoms with Crippen LogP contribution in [0.2, 0.25) is 0 Å². The number of H-pyrrole nitrogens is 1. The van der Waals surface area contributed by atoms with Crippen LogP contribution in [-0.4, -0.2) is 57.6 Å². The van der Waals surface area contributed by atoms with Crippen molar-refractivity contribution in [2.45, 2.75) is 25.8 Å². The van der Waals surface area contributed by atoms with Gasteiger partial charge in [-0.25, -0.2) is 9.97 Å². The molecule has 3 rings (SSSR count). The van der Waals surface area contributed by atoms with Crippen LogP contribution in [0.25, 0.3) is 11.5 Å². The SMILES string of the molecule is Cc1cnc(-c2cncc([C@H]3CCCN3S(=O)(=O)N(C)C)n2)[nH]1. The molecule has 2 aromatic rings. The maximum Gasteiger partial charge on any atom is 0.282 e. The molecule has 2 aromatic heterocycles. The van der Waals surface area contributed by atoms with Crippen molar-refractivity contribution < 1.29 is 8.42 Å². The number of aromatic amines is 1. The summed E-state index contributed by atoms with van der Waals surface area (Å²) in [5.41, 5.74) is 2.20. The van der Waals surface area contributed by atoms with Gasteiger partial charge in [0.1, 0.15) is 5.69 Å². The van der Waals surface area contributed by atoms with Gasteiger partial charge < -0.3 is 4.98 Å². The average molecular weight is 336 g/mol. The minimum absolute atomic E-state index is 0.286. The molecule has 0 spiro atoms. The number of imidazole rings is 1. The van der Waals surface area contributed by atoms with E-state index in [1.807, 2.05) is 6.92 Å². The van der Waals surface area contributed by atoms with Gasteiger partial charge in [0.25, 0.3) is 10.2 Å². The van der Waals surface area contributed by atoms with E-state index in [4.69, 9.17) is 0 Å². The van der Waals surface area contributed by atoms with Gasteiger partial charge in [-0.1, -0.05) is 0 Å². The molecule has 0 amide bonds. The van der Waals surface area contributed by atoms with Crippen LogP contribution >= 0.6 is 0 Å². The lowest BCUT2D eigenvalue weighted by Gasteiger charge is -2.26. The molecule has 1 saturated heterocycles. The third kappa shape index (κ3) is 2.99. The van der Waals surface area contributed by atoms with Gasteiger partial charge in [-0.3, -0.25) is 4.98 Å². The largest absolute Gasteiger partial charge is 0.341 e. The van der Waals surface area contributed by atoms with Crippen molar-refractivity contribution in [3.63, 3.8) is 0 Å². The molecule has 0 bridgehead atoms. The van der Waals surface area contributed by atoms with E-state index in [1.54, 1.807) is 32.7 Å². The Labute approximate surface area is 135 Å². The lowest BCUT2D eigenvalue weighted by atomic mass is 10.1. The highest BCUT2D eigenvalue weighted by Gasteiger charge is 2.37. The summed E-state index contributed by atoms with van der Waals surface area (Å²) in [7, 11) is -0.392. The second-order valence-electron chi connectivity index (χ2n) is 5.80. The van der Waals surface area contributed by atoms with Crippen molar-refractivity contribution in [2.75, 3.05) is 20.6 Å². The van der Waals surface area contributed by atoms with Crippen LogP contribution in [0.15, 0.2) is 18.6 Å². The van der Waals surface area contributed by atoms with E-state index in [9.17, 15) is 8.42 Å². The van der Waals surface area contributed by atoms with Crippen LogP contribution in [0, 0.1) is 6.92 Å². The molecule has 3 heterocycles. The Kier molecular flexibility index (Phi) is 4.17. The molecule has 1 fully saturated rings. The second kappa shape index (κ2) is 5.99. The van der Waals surface area contributed by atoms with Crippen LogP contribution in [0.1, 0.15) is 30.3 Å². The average Bonchev–Trinajstić information content (AvgIpc) is 3.16. The molecule has 0 aliphatic carbocycles. The molecule has 0 radical (unpaired) electrons. The smallest absolute Gasteiger partial charge is 0.282 e. The van der Waals surface area contributed by atoms with Gasteiger partial charge in [0.2, 0.25) is 0 Å². The number of hydrogen-bond donors (Lipinski definition) is 1. The molecule has 8 nitrogen and oxygen atoms in total. The second-order valence-corrected chi connectivity index (χ2v) is 7.90. The Bertz CT molecular complexity index is 801. The monoisotopic (exact) mass is 336 g/mol. The molecule has 23 heavy (non-hydrogen) atoms. The molecule has 1 aliphatic rings. The number of nitrogens with zero attached hydrogens (tertiary/aromatic N) is 5. The first-order chi connectivity index (χ1) is 10.9. The standard InChI is InChI=1S/C14H20N6O2S/c1-10-7-16-14(17-10)12-9-15-8-11(18-12)13-5-4-6-20(13)23(21,22)19(2)3/h7-9,13H,4-6H2,1-3H3,(H,16,17)/t13-/m1/s1. The lowest BCUT2D eigenvalue weighted by Crippen LogP contribution is -2.39. The molecule has 9 heteroatoms. The molecule has 0 saturated carbocycles. The highest BCUT2D eigenvalue weighted by molar-refractivity contribution is 7.86. The molecule has 0 unspecified atom stereocenters. The van der Waals surface area contributed by atoms with E-state index in [0.717, 1.165) is 18.5 Å². The fraction of sp³-hybridized carbons (Fsp3) is 0.500. The first kappa shape index (κ1) is 16.0. The summed E-state index contributed by atoms with van der Waals surface area (Å²) in [6.07, 6.45) is 6.53. The molecular weight excluding hydrogens is 316 g/mol. The Morgan fingerprint density at radius 1 is 1.30 bits per heavy atom. The summed E-state index contributed by atoms with van der Waals surface area (Å²) < 4.78 is 27.6. The molecule has 1 N–H and O–H groups in total. The predicted molar refractivity (Wildman–Crippen MR) is 85.6 cm³/mol. The van der Waals surface area contributed by atoms with Crippen molar-refractivity contribution in [1.82, 2.24) is 28.5 Å². The van der Waals surface area contributed by atoms with E-state index in [-0.39, 0.29) is 6.04 Å². The van der Waals surface area contributed by atoms with Crippen LogP contribution in [0.4, 0.5) is 0 Å². The Hall–Kier alpha value is -1.84. The highest BCUT2D eigenvalue weighted by Crippen LogP contribution is 2.34. The van der Waals surface area contributed by atoms with E-state index in [1.165, 1.54) is 8.61 Å². The van der Waals surface area contributed by atoms with Gasteiger partial charge in [0, 0.05) is 32.5 Å². The number of aryl methyl sites for hydroxylation is 1. The zero-order valence-electron chi connectivity index (χ0n) is 13.4. The van der Waals surface area contributed by atoms with Gasteiger partial charge >= 0.3 is 0 Å². The summed E-state index contributed by atoms with van der Waals surface area (Å²) in [6.45, 7) is 2.41. The molecular formula is C14H20N6O2S. The lowest BCUT2D eigenvalue weighted by molar-refractivity contribution is 0.357. The first-order valence-electron chi connectivity index (χ1n) is 7.43. The fourth-order valence-electron chi connectivity index (χ4n) is 2.72. The summed E-state index contributed by atoms with van der Waals surface area (Å²) in [4.78, 5) is 16.2. The molecule has 0 aromatic carbocycles. The van der Waals surface area contributed by atoms with Crippen molar-refractivity contribution in [3.05, 3.63) is 30.0 Å². The Morgan fingerprint density at radius 3 is 2.74 bits per heavy atom. The van der Waals surface area contributed by atoms with Crippen LogP contribution in [0.5, 0.6) is 0 Å². The summed E-state index contributed by atoms with van der Waals surface area (Å²) in [5, 5.41) is 0. The van der Waals surface area contributed by atoms with E-state index in [0.29, 0.717) is 23.8 Å². The zero-order chi connectivity index (χ0) is 16.6. The van der Waals surface area contributed by atoms with Gasteiger partial charge in [-0.15, -0.1) is 0 Å². The zero-order valence-corrected chi connectivity index (χ0v) is 14.2. The summed E-state index contributed by atoms with van der Waals surface area (Å²) >= 11 is 0. The molecule has 1 atom stereocenters. The van der Waals surface area contributed by atoms with Crippen LogP contribution in [0.3, 0.4) is 0 Å². The third-order valence-corrected chi connectivity index (χ3v) is 5.85. The number of aromatic nitrogens is 4. The van der Waals surface area contributed by atoms with Crippen molar-refractivity contribution in [3.8, 4) is 11.5 Å². The minimum atomic E-state index is -3.47. The molecule has 1 aliphatic heterocycles.